The average Bonchev–Trinajstić information content (AvgIpc) is 2.78. The predicted octanol–water partition coefficient (Wildman–Crippen LogP) is 4.38. The van der Waals surface area contributed by atoms with Gasteiger partial charge in [0.25, 0.3) is 0 Å². The molecule has 2 aliphatic rings. The summed E-state index contributed by atoms with van der Waals surface area (Å²) in [6, 6.07) is 17.1. The van der Waals surface area contributed by atoms with Crippen molar-refractivity contribution < 1.29 is 14.3 Å². The predicted molar refractivity (Wildman–Crippen MR) is 122 cm³/mol. The number of carbonyl (C=O) groups excluding carboxylic acids is 1. The third-order valence-electron chi connectivity index (χ3n) is 6.58. The van der Waals surface area contributed by atoms with Crippen LogP contribution >= 0.6 is 11.6 Å². The zero-order valence-corrected chi connectivity index (χ0v) is 20.3. The van der Waals surface area contributed by atoms with Crippen LogP contribution in [0.15, 0.2) is 48.5 Å². The van der Waals surface area contributed by atoms with Crippen molar-refractivity contribution in [2.45, 2.75) is 41.3 Å². The molecule has 0 aromatic heterocycles. The number of methoxy groups -OCH3 is 2. The molecule has 2 aromatic rings. The molecule has 6 unspecified atom stereocenters. The number of nitrogens with one attached hydrogen (secondary N) is 1. The molecule has 2 fully saturated rings. The average molecular weight is 490 g/mol. The van der Waals surface area contributed by atoms with Gasteiger partial charge in [0.1, 0.15) is 0 Å². The number of piperidine rings is 1. The standard InChI is InChI=1S/C24H29AsClNO3/c1-29-21-11-9-18(26)12-17(21)14-25-22-16-8-10-19(24(28)30-2)20(13-16)27-23(22)15-6-4-3-5-7-15/h3-7,9,11-12,16,19-20,22-23,25,27H,8,10,13-14H2,1-2H3. The topological polar surface area (TPSA) is 47.6 Å². The third kappa shape index (κ3) is 4.56. The van der Waals surface area contributed by atoms with E-state index in [1.165, 1.54) is 18.2 Å². The number of hydrogen-bond donors (Lipinski definition) is 1. The SMILES string of the molecule is COC(=O)C1CCC2CC1NC(c1ccccc1)C2[AsH]Cc1cc(Cl)ccc1OC. The first kappa shape index (κ1) is 21.7. The van der Waals surface area contributed by atoms with Crippen molar-refractivity contribution in [3.63, 3.8) is 0 Å². The van der Waals surface area contributed by atoms with Crippen molar-refractivity contribution >= 4 is 33.3 Å². The molecule has 1 heterocycles. The minimum absolute atomic E-state index is 0.0357. The number of benzene rings is 2. The fraction of sp³-hybridized carbons (Fsp3) is 0.458. The molecule has 1 aliphatic carbocycles. The Balaban J connectivity index is 1.58. The number of halogens is 1. The first-order valence-corrected chi connectivity index (χ1v) is 13.6. The van der Waals surface area contributed by atoms with Gasteiger partial charge in [0.2, 0.25) is 0 Å². The molecular weight excluding hydrogens is 461 g/mol. The summed E-state index contributed by atoms with van der Waals surface area (Å²) in [5.74, 6) is 1.46. The van der Waals surface area contributed by atoms with E-state index in [-0.39, 0.29) is 39.7 Å². The van der Waals surface area contributed by atoms with E-state index in [9.17, 15) is 4.79 Å². The van der Waals surface area contributed by atoms with Gasteiger partial charge in [-0.2, -0.15) is 0 Å². The van der Waals surface area contributed by atoms with Crippen LogP contribution in [0.4, 0.5) is 0 Å². The van der Waals surface area contributed by atoms with Crippen molar-refractivity contribution in [1.82, 2.24) is 5.32 Å². The second-order valence-electron chi connectivity index (χ2n) is 8.23. The van der Waals surface area contributed by atoms with Crippen LogP contribution in [0.2, 0.25) is 9.73 Å². The molecular formula is C24H29AsClNO3. The van der Waals surface area contributed by atoms with Gasteiger partial charge in [0, 0.05) is 0 Å². The summed E-state index contributed by atoms with van der Waals surface area (Å²) in [5, 5.41) is 5.67. The van der Waals surface area contributed by atoms with Crippen LogP contribution in [0.1, 0.15) is 36.4 Å². The Hall–Kier alpha value is -1.48. The van der Waals surface area contributed by atoms with E-state index in [1.807, 2.05) is 12.1 Å². The summed E-state index contributed by atoms with van der Waals surface area (Å²) in [6.45, 7) is 0. The van der Waals surface area contributed by atoms with Crippen molar-refractivity contribution in [2.75, 3.05) is 14.2 Å². The molecule has 0 amide bonds. The second kappa shape index (κ2) is 9.76. The molecule has 1 saturated heterocycles. The summed E-state index contributed by atoms with van der Waals surface area (Å²) < 4.78 is 11.3. The molecule has 1 aliphatic heterocycles. The van der Waals surface area contributed by atoms with Crippen LogP contribution in [0.25, 0.3) is 0 Å². The summed E-state index contributed by atoms with van der Waals surface area (Å²) in [4.78, 5) is 12.3. The molecule has 6 atom stereocenters. The quantitative estimate of drug-likeness (QED) is 0.483. The normalized spacial score (nSPS) is 28.4. The molecule has 30 heavy (non-hydrogen) atoms. The summed E-state index contributed by atoms with van der Waals surface area (Å²) in [5.41, 5.74) is 2.53. The molecule has 6 heteroatoms. The van der Waals surface area contributed by atoms with Crippen LogP contribution in [-0.4, -0.2) is 42.0 Å². The Kier molecular flexibility index (Phi) is 7.08. The molecule has 2 bridgehead atoms. The molecule has 0 spiro atoms. The van der Waals surface area contributed by atoms with Crippen molar-refractivity contribution in [3.8, 4) is 5.75 Å². The summed E-state index contributed by atoms with van der Waals surface area (Å²) in [6.07, 6.45) is 3.08. The first-order valence-electron chi connectivity index (χ1n) is 10.6. The van der Waals surface area contributed by atoms with E-state index in [2.05, 4.69) is 41.7 Å². The molecule has 0 radical (unpaired) electrons. The van der Waals surface area contributed by atoms with Gasteiger partial charge in [-0.15, -0.1) is 0 Å². The van der Waals surface area contributed by atoms with Gasteiger partial charge in [-0.25, -0.2) is 0 Å². The van der Waals surface area contributed by atoms with E-state index in [1.54, 1.807) is 7.11 Å². The number of fused-ring (bicyclic) bond motifs is 2. The third-order valence-corrected chi connectivity index (χ3v) is 10.7. The zero-order valence-electron chi connectivity index (χ0n) is 17.4. The van der Waals surface area contributed by atoms with Crippen LogP contribution in [0.5, 0.6) is 5.75 Å². The number of rotatable bonds is 6. The Morgan fingerprint density at radius 3 is 2.70 bits per heavy atom. The number of esters is 1. The van der Waals surface area contributed by atoms with Gasteiger partial charge in [-0.1, -0.05) is 0 Å². The molecule has 4 rings (SSSR count). The van der Waals surface area contributed by atoms with E-state index >= 15 is 0 Å². The minimum atomic E-state index is -0.325. The van der Waals surface area contributed by atoms with E-state index < -0.39 is 0 Å². The number of carbonyl (C=O) groups is 1. The van der Waals surface area contributed by atoms with Crippen molar-refractivity contribution in [3.05, 3.63) is 64.7 Å². The Labute approximate surface area is 190 Å². The fourth-order valence-electron chi connectivity index (χ4n) is 5.11. The Morgan fingerprint density at radius 1 is 1.17 bits per heavy atom. The van der Waals surface area contributed by atoms with Crippen LogP contribution in [-0.2, 0) is 14.7 Å². The molecule has 1 N–H and O–H groups in total. The van der Waals surface area contributed by atoms with Gasteiger partial charge in [0.05, 0.1) is 0 Å². The number of hydrogen-bond acceptors (Lipinski definition) is 4. The van der Waals surface area contributed by atoms with E-state index in [0.29, 0.717) is 10.6 Å². The molecule has 1 saturated carbocycles. The van der Waals surface area contributed by atoms with E-state index in [0.717, 1.165) is 35.2 Å². The van der Waals surface area contributed by atoms with Crippen molar-refractivity contribution in [2.24, 2.45) is 11.8 Å². The number of ether oxygens (including phenoxy) is 2. The maximum atomic E-state index is 12.3. The van der Waals surface area contributed by atoms with E-state index in [4.69, 9.17) is 21.1 Å². The zero-order chi connectivity index (χ0) is 21.1. The Morgan fingerprint density at radius 2 is 1.97 bits per heavy atom. The van der Waals surface area contributed by atoms with Gasteiger partial charge in [-0.05, 0) is 0 Å². The van der Waals surface area contributed by atoms with Crippen LogP contribution in [0.3, 0.4) is 0 Å². The summed E-state index contributed by atoms with van der Waals surface area (Å²) >= 11 is 5.94. The summed E-state index contributed by atoms with van der Waals surface area (Å²) in [7, 11) is 3.22. The molecule has 2 aromatic carbocycles. The van der Waals surface area contributed by atoms with Gasteiger partial charge in [0.15, 0.2) is 0 Å². The van der Waals surface area contributed by atoms with Gasteiger partial charge in [-0.3, -0.25) is 0 Å². The second-order valence-corrected chi connectivity index (χ2v) is 11.7. The van der Waals surface area contributed by atoms with Crippen molar-refractivity contribution in [1.29, 1.82) is 0 Å². The Bertz CT molecular complexity index is 878. The van der Waals surface area contributed by atoms with Crippen LogP contribution < -0.4 is 10.1 Å². The fourth-order valence-corrected chi connectivity index (χ4v) is 9.28. The monoisotopic (exact) mass is 489 g/mol. The van der Waals surface area contributed by atoms with Crippen LogP contribution in [0, 0.1) is 11.8 Å². The van der Waals surface area contributed by atoms with Gasteiger partial charge < -0.3 is 0 Å². The first-order chi connectivity index (χ1) is 14.6. The molecule has 160 valence electrons. The van der Waals surface area contributed by atoms with Gasteiger partial charge >= 0.3 is 191 Å². The molecule has 4 nitrogen and oxygen atoms in total. The maximum absolute atomic E-state index is 12.3.